The summed E-state index contributed by atoms with van der Waals surface area (Å²) in [7, 11) is 1.26. The Kier molecular flexibility index (Phi) is 9.34. The minimum absolute atomic E-state index is 0.114. The number of rotatable bonds is 9. The van der Waals surface area contributed by atoms with E-state index in [1.54, 1.807) is 42.4 Å². The molecule has 1 aliphatic rings. The van der Waals surface area contributed by atoms with Crippen LogP contribution in [0.5, 0.6) is 0 Å². The fourth-order valence-corrected chi connectivity index (χ4v) is 5.03. The molecule has 1 saturated carbocycles. The monoisotopic (exact) mass is 597 g/mol. The van der Waals surface area contributed by atoms with Crippen molar-refractivity contribution in [3.05, 3.63) is 53.9 Å². The first-order valence-electron chi connectivity index (χ1n) is 13.9. The fourth-order valence-electron chi connectivity index (χ4n) is 4.13. The van der Waals surface area contributed by atoms with E-state index in [9.17, 15) is 14.4 Å². The summed E-state index contributed by atoms with van der Waals surface area (Å²) in [4.78, 5) is 44.8. The number of aromatic nitrogens is 3. The fraction of sp³-hybridized carbons (Fsp3) is 0.500. The first-order valence-corrected chi connectivity index (χ1v) is 14.9. The molecule has 0 saturated heterocycles. The van der Waals surface area contributed by atoms with Crippen LogP contribution in [0.2, 0.25) is 0 Å². The lowest BCUT2D eigenvalue weighted by molar-refractivity contribution is -0.142. The highest BCUT2D eigenvalue weighted by atomic mass is 32.2. The highest BCUT2D eigenvalue weighted by molar-refractivity contribution is 7.99. The second-order valence-corrected chi connectivity index (χ2v) is 13.2. The summed E-state index contributed by atoms with van der Waals surface area (Å²) < 4.78 is 17.8. The van der Waals surface area contributed by atoms with E-state index in [2.05, 4.69) is 10.3 Å². The topological polar surface area (TPSA) is 124 Å². The van der Waals surface area contributed by atoms with Gasteiger partial charge in [0.25, 0.3) is 0 Å². The molecule has 226 valence electrons. The number of amides is 2. The Morgan fingerprint density at radius 3 is 2.33 bits per heavy atom. The highest BCUT2D eigenvalue weighted by Crippen LogP contribution is 2.41. The van der Waals surface area contributed by atoms with E-state index in [0.29, 0.717) is 22.3 Å². The molecule has 2 heterocycles. The molecule has 12 heteroatoms. The van der Waals surface area contributed by atoms with Gasteiger partial charge in [0.15, 0.2) is 5.65 Å². The first kappa shape index (κ1) is 31.1. The predicted molar refractivity (Wildman–Crippen MR) is 160 cm³/mol. The maximum atomic E-state index is 13.6. The standard InChI is InChI=1S/C30H39N5O6S/c1-29(2,3)40-27(37)32-21(26(36)39-7)18-42-24-15-22(25-31-16-23(20-13-14-20)35(25)33-24)34(28(38)41-30(4,5)6)17-19-11-9-8-10-12-19/h8-12,15-16,20-21H,13-14,17-18H2,1-7H3,(H,32,37)/t21-/m0/s1. The lowest BCUT2D eigenvalue weighted by Crippen LogP contribution is -2.45. The van der Waals surface area contributed by atoms with Crippen LogP contribution in [-0.4, -0.2) is 62.9 Å². The molecular formula is C30H39N5O6S. The molecule has 1 N–H and O–H groups in total. The normalized spacial score (nSPS) is 14.3. The van der Waals surface area contributed by atoms with Gasteiger partial charge < -0.3 is 19.5 Å². The van der Waals surface area contributed by atoms with Crippen LogP contribution in [0.4, 0.5) is 15.3 Å². The number of imidazole rings is 1. The number of carbonyl (C=O) groups excluding carboxylic acids is 3. The van der Waals surface area contributed by atoms with Gasteiger partial charge in [-0.25, -0.2) is 23.9 Å². The quantitative estimate of drug-likeness (QED) is 0.188. The zero-order chi connectivity index (χ0) is 30.7. The number of alkyl carbamates (subject to hydrolysis) is 1. The Morgan fingerprint density at radius 2 is 1.74 bits per heavy atom. The van der Waals surface area contributed by atoms with Gasteiger partial charge in [0.2, 0.25) is 0 Å². The van der Waals surface area contributed by atoms with Gasteiger partial charge in [-0.1, -0.05) is 30.3 Å². The molecule has 0 aliphatic heterocycles. The van der Waals surface area contributed by atoms with Gasteiger partial charge in [0.1, 0.15) is 22.3 Å². The third kappa shape index (κ3) is 8.37. The largest absolute Gasteiger partial charge is 0.467 e. The summed E-state index contributed by atoms with van der Waals surface area (Å²) in [5.41, 5.74) is 1.46. The van der Waals surface area contributed by atoms with Crippen LogP contribution in [0.1, 0.15) is 71.6 Å². The summed E-state index contributed by atoms with van der Waals surface area (Å²) in [6.07, 6.45) is 2.62. The Bertz CT molecular complexity index is 1430. The smallest absolute Gasteiger partial charge is 0.415 e. The number of carbonyl (C=O) groups is 3. The summed E-state index contributed by atoms with van der Waals surface area (Å²) in [5, 5.41) is 7.94. The van der Waals surface area contributed by atoms with Gasteiger partial charge in [-0.15, -0.1) is 11.8 Å². The van der Waals surface area contributed by atoms with Gasteiger partial charge in [0.05, 0.1) is 31.2 Å². The predicted octanol–water partition coefficient (Wildman–Crippen LogP) is 5.71. The van der Waals surface area contributed by atoms with Gasteiger partial charge >= 0.3 is 18.2 Å². The number of benzene rings is 1. The van der Waals surface area contributed by atoms with Crippen molar-refractivity contribution in [2.75, 3.05) is 17.8 Å². The maximum absolute atomic E-state index is 13.6. The Hall–Kier alpha value is -3.80. The third-order valence-corrected chi connectivity index (χ3v) is 7.11. The van der Waals surface area contributed by atoms with E-state index in [1.165, 1.54) is 18.9 Å². The number of hydrogen-bond donors (Lipinski definition) is 1. The Labute approximate surface area is 250 Å². The zero-order valence-electron chi connectivity index (χ0n) is 25.2. The number of nitrogens with one attached hydrogen (secondary N) is 1. The van der Waals surface area contributed by atoms with Crippen LogP contribution in [0.3, 0.4) is 0 Å². The molecule has 11 nitrogen and oxygen atoms in total. The molecule has 1 atom stereocenters. The lowest BCUT2D eigenvalue weighted by atomic mass is 10.2. The van der Waals surface area contributed by atoms with Crippen molar-refractivity contribution in [2.24, 2.45) is 0 Å². The lowest BCUT2D eigenvalue weighted by Gasteiger charge is -2.28. The van der Waals surface area contributed by atoms with E-state index in [1.807, 2.05) is 51.1 Å². The van der Waals surface area contributed by atoms with Gasteiger partial charge in [-0.05, 0) is 66.0 Å². The minimum atomic E-state index is -0.993. The molecule has 3 aromatic rings. The number of anilines is 1. The molecule has 1 fully saturated rings. The molecule has 2 aromatic heterocycles. The summed E-state index contributed by atoms with van der Waals surface area (Å²) >= 11 is 1.24. The van der Waals surface area contributed by atoms with Crippen LogP contribution in [0.25, 0.3) is 5.65 Å². The van der Waals surface area contributed by atoms with E-state index in [0.717, 1.165) is 24.1 Å². The number of hydrogen-bond acceptors (Lipinski definition) is 9. The van der Waals surface area contributed by atoms with Crippen molar-refractivity contribution in [3.8, 4) is 0 Å². The molecule has 0 bridgehead atoms. The van der Waals surface area contributed by atoms with Gasteiger partial charge in [-0.2, -0.15) is 5.10 Å². The van der Waals surface area contributed by atoms with Crippen molar-refractivity contribution >= 4 is 41.3 Å². The zero-order valence-corrected chi connectivity index (χ0v) is 26.0. The van der Waals surface area contributed by atoms with Crippen LogP contribution in [0.15, 0.2) is 47.6 Å². The van der Waals surface area contributed by atoms with E-state index < -0.39 is 35.4 Å². The summed E-state index contributed by atoms with van der Waals surface area (Å²) in [6, 6.07) is 10.4. The number of fused-ring (bicyclic) bond motifs is 1. The van der Waals surface area contributed by atoms with Crippen molar-refractivity contribution in [1.82, 2.24) is 19.9 Å². The van der Waals surface area contributed by atoms with Crippen LogP contribution < -0.4 is 10.2 Å². The highest BCUT2D eigenvalue weighted by Gasteiger charge is 2.32. The SMILES string of the molecule is COC(=O)[C@H](CSc1cc(N(Cc2ccccc2)C(=O)OC(C)(C)C)c2ncc(C3CC3)n2n1)NC(=O)OC(C)(C)C. The molecule has 2 amide bonds. The Morgan fingerprint density at radius 1 is 1.07 bits per heavy atom. The molecule has 0 radical (unpaired) electrons. The molecule has 42 heavy (non-hydrogen) atoms. The summed E-state index contributed by atoms with van der Waals surface area (Å²) in [5.74, 6) is -0.167. The van der Waals surface area contributed by atoms with Gasteiger partial charge in [-0.3, -0.25) is 4.90 Å². The van der Waals surface area contributed by atoms with Crippen LogP contribution in [-0.2, 0) is 25.5 Å². The summed E-state index contributed by atoms with van der Waals surface area (Å²) in [6.45, 7) is 10.9. The molecule has 0 spiro atoms. The van der Waals surface area contributed by atoms with E-state index in [4.69, 9.17) is 19.3 Å². The molecule has 1 aliphatic carbocycles. The number of ether oxygens (including phenoxy) is 3. The van der Waals surface area contributed by atoms with E-state index in [-0.39, 0.29) is 12.3 Å². The van der Waals surface area contributed by atoms with Gasteiger partial charge in [0, 0.05) is 11.7 Å². The Balaban J connectivity index is 1.71. The second kappa shape index (κ2) is 12.6. The molecule has 4 rings (SSSR count). The van der Waals surface area contributed by atoms with E-state index >= 15 is 0 Å². The second-order valence-electron chi connectivity index (χ2n) is 12.1. The molecular weight excluding hydrogens is 558 g/mol. The van der Waals surface area contributed by atoms with Crippen LogP contribution in [0, 0.1) is 0 Å². The number of thioether (sulfide) groups is 1. The van der Waals surface area contributed by atoms with Crippen molar-refractivity contribution in [1.29, 1.82) is 0 Å². The third-order valence-electron chi connectivity index (χ3n) is 6.11. The average molecular weight is 598 g/mol. The number of methoxy groups -OCH3 is 1. The average Bonchev–Trinajstić information content (AvgIpc) is 3.65. The van der Waals surface area contributed by atoms with Crippen LogP contribution >= 0.6 is 11.8 Å². The van der Waals surface area contributed by atoms with Crippen molar-refractivity contribution in [3.63, 3.8) is 0 Å². The molecule has 1 aromatic carbocycles. The molecule has 0 unspecified atom stereocenters. The number of nitrogens with zero attached hydrogens (tertiary/aromatic N) is 4. The number of esters is 1. The first-order chi connectivity index (χ1) is 19.7. The van der Waals surface area contributed by atoms with Crippen molar-refractivity contribution < 1.29 is 28.6 Å². The minimum Gasteiger partial charge on any atom is -0.467 e. The maximum Gasteiger partial charge on any atom is 0.415 e. The van der Waals surface area contributed by atoms with Crippen molar-refractivity contribution in [2.45, 2.75) is 89.1 Å².